The molecule has 0 saturated carbocycles. The summed E-state index contributed by atoms with van der Waals surface area (Å²) in [6, 6.07) is 3.00. The highest BCUT2D eigenvalue weighted by atomic mass is 32.2. The van der Waals surface area contributed by atoms with Crippen molar-refractivity contribution >= 4 is 9.84 Å². The number of nitrogens with zero attached hydrogens (tertiary/aromatic N) is 1. The van der Waals surface area contributed by atoms with Crippen molar-refractivity contribution in [2.45, 2.75) is 18.2 Å². The fraction of sp³-hybridized carbons (Fsp3) is 0.444. The smallest absolute Gasteiger partial charge is 0.151 e. The van der Waals surface area contributed by atoms with Crippen molar-refractivity contribution in [2.75, 3.05) is 6.26 Å². The Morgan fingerprint density at radius 1 is 1.50 bits per heavy atom. The second-order valence-electron chi connectivity index (χ2n) is 3.35. The van der Waals surface area contributed by atoms with Crippen LogP contribution in [0.2, 0.25) is 0 Å². The van der Waals surface area contributed by atoms with Gasteiger partial charge in [-0.3, -0.25) is 4.98 Å². The molecule has 0 radical (unpaired) electrons. The van der Waals surface area contributed by atoms with Gasteiger partial charge < -0.3 is 5.73 Å². The van der Waals surface area contributed by atoms with E-state index in [4.69, 9.17) is 5.73 Å². The molecule has 0 aromatic carbocycles. The van der Waals surface area contributed by atoms with Gasteiger partial charge in [0.15, 0.2) is 9.84 Å². The summed E-state index contributed by atoms with van der Waals surface area (Å²) in [5.74, 6) is 0. The zero-order valence-electron chi connectivity index (χ0n) is 8.21. The van der Waals surface area contributed by atoms with Crippen LogP contribution in [0.1, 0.15) is 18.5 Å². The van der Waals surface area contributed by atoms with Crippen LogP contribution >= 0.6 is 0 Å². The molecule has 2 unspecified atom stereocenters. The number of hydrogen-bond donors (Lipinski definition) is 1. The number of nitrogens with two attached hydrogens (primary N) is 1. The zero-order valence-corrected chi connectivity index (χ0v) is 9.03. The quantitative estimate of drug-likeness (QED) is 0.796. The molecule has 0 aliphatic rings. The van der Waals surface area contributed by atoms with Crippen molar-refractivity contribution in [3.63, 3.8) is 0 Å². The van der Waals surface area contributed by atoms with E-state index in [0.717, 1.165) is 5.56 Å². The first-order valence-electron chi connectivity index (χ1n) is 4.27. The van der Waals surface area contributed by atoms with Crippen LogP contribution in [-0.4, -0.2) is 24.9 Å². The van der Waals surface area contributed by atoms with Crippen LogP contribution in [0.25, 0.3) is 0 Å². The van der Waals surface area contributed by atoms with Crippen LogP contribution in [0.5, 0.6) is 0 Å². The minimum absolute atomic E-state index is 0.515. The number of pyridine rings is 1. The Labute approximate surface area is 84.1 Å². The highest BCUT2D eigenvalue weighted by Crippen LogP contribution is 2.17. The SMILES string of the molecule is CC(C(N)c1cccnc1)S(C)(=O)=O. The lowest BCUT2D eigenvalue weighted by Crippen LogP contribution is -2.30. The maximum atomic E-state index is 11.2. The van der Waals surface area contributed by atoms with Crippen LogP contribution in [-0.2, 0) is 9.84 Å². The fourth-order valence-corrected chi connectivity index (χ4v) is 1.80. The van der Waals surface area contributed by atoms with Crippen molar-refractivity contribution in [3.8, 4) is 0 Å². The van der Waals surface area contributed by atoms with Crippen LogP contribution in [0.4, 0.5) is 0 Å². The van der Waals surface area contributed by atoms with Gasteiger partial charge in [-0.1, -0.05) is 6.07 Å². The van der Waals surface area contributed by atoms with Gasteiger partial charge in [0.05, 0.1) is 5.25 Å². The summed E-state index contributed by atoms with van der Waals surface area (Å²) >= 11 is 0. The lowest BCUT2D eigenvalue weighted by atomic mass is 10.1. The van der Waals surface area contributed by atoms with E-state index in [1.807, 2.05) is 0 Å². The maximum absolute atomic E-state index is 11.2. The maximum Gasteiger partial charge on any atom is 0.151 e. The number of hydrogen-bond acceptors (Lipinski definition) is 4. The monoisotopic (exact) mass is 214 g/mol. The average molecular weight is 214 g/mol. The first-order chi connectivity index (χ1) is 6.43. The molecule has 78 valence electrons. The van der Waals surface area contributed by atoms with Gasteiger partial charge in [0.25, 0.3) is 0 Å². The van der Waals surface area contributed by atoms with Crippen LogP contribution in [0, 0.1) is 0 Å². The van der Waals surface area contributed by atoms with Crippen molar-refractivity contribution in [1.29, 1.82) is 0 Å². The van der Waals surface area contributed by atoms with Gasteiger partial charge in [-0.2, -0.15) is 0 Å². The van der Waals surface area contributed by atoms with E-state index in [1.165, 1.54) is 6.26 Å². The van der Waals surface area contributed by atoms with E-state index in [0.29, 0.717) is 0 Å². The van der Waals surface area contributed by atoms with Gasteiger partial charge >= 0.3 is 0 Å². The molecular weight excluding hydrogens is 200 g/mol. The van der Waals surface area contributed by atoms with E-state index in [1.54, 1.807) is 31.5 Å². The van der Waals surface area contributed by atoms with E-state index in [9.17, 15) is 8.42 Å². The predicted octanol–water partition coefficient (Wildman–Crippen LogP) is 0.514. The van der Waals surface area contributed by atoms with E-state index >= 15 is 0 Å². The second-order valence-corrected chi connectivity index (χ2v) is 5.75. The Kier molecular flexibility index (Phi) is 3.23. The summed E-state index contributed by atoms with van der Waals surface area (Å²) in [4.78, 5) is 3.90. The third-order valence-electron chi connectivity index (χ3n) is 2.25. The van der Waals surface area contributed by atoms with E-state index in [2.05, 4.69) is 4.98 Å². The summed E-state index contributed by atoms with van der Waals surface area (Å²) in [6.07, 6.45) is 4.40. The van der Waals surface area contributed by atoms with Gasteiger partial charge in [0, 0.05) is 24.7 Å². The van der Waals surface area contributed by atoms with Crippen molar-refractivity contribution < 1.29 is 8.42 Å². The standard InChI is InChI=1S/C9H14N2O2S/c1-7(14(2,12)13)9(10)8-4-3-5-11-6-8/h3-7,9H,10H2,1-2H3. The number of rotatable bonds is 3. The molecule has 0 bridgehead atoms. The van der Waals surface area contributed by atoms with Crippen LogP contribution in [0.15, 0.2) is 24.5 Å². The minimum atomic E-state index is -3.10. The first-order valence-corrected chi connectivity index (χ1v) is 6.22. The summed E-state index contributed by atoms with van der Waals surface area (Å²) in [6.45, 7) is 1.60. The van der Waals surface area contributed by atoms with Crippen molar-refractivity contribution in [3.05, 3.63) is 30.1 Å². The molecule has 1 heterocycles. The highest BCUT2D eigenvalue weighted by molar-refractivity contribution is 7.91. The second kappa shape index (κ2) is 4.06. The van der Waals surface area contributed by atoms with Gasteiger partial charge in [-0.05, 0) is 18.6 Å². The molecule has 1 rings (SSSR count). The summed E-state index contributed by atoms with van der Waals surface area (Å²) < 4.78 is 22.5. The Morgan fingerprint density at radius 2 is 2.14 bits per heavy atom. The number of sulfone groups is 1. The largest absolute Gasteiger partial charge is 0.323 e. The Morgan fingerprint density at radius 3 is 2.57 bits per heavy atom. The van der Waals surface area contributed by atoms with E-state index < -0.39 is 21.1 Å². The Bertz CT molecular complexity index is 389. The van der Waals surface area contributed by atoms with Gasteiger partial charge in [-0.25, -0.2) is 8.42 Å². The minimum Gasteiger partial charge on any atom is -0.323 e. The normalized spacial score (nSPS) is 16.2. The molecule has 0 spiro atoms. The van der Waals surface area contributed by atoms with Gasteiger partial charge in [0.2, 0.25) is 0 Å². The molecule has 14 heavy (non-hydrogen) atoms. The van der Waals surface area contributed by atoms with Crippen LogP contribution in [0.3, 0.4) is 0 Å². The lowest BCUT2D eigenvalue weighted by Gasteiger charge is -2.17. The molecule has 2 N–H and O–H groups in total. The zero-order chi connectivity index (χ0) is 10.8. The Hall–Kier alpha value is -0.940. The summed E-state index contributed by atoms with van der Waals surface area (Å²) in [5, 5.41) is -0.591. The Balaban J connectivity index is 2.92. The molecule has 2 atom stereocenters. The van der Waals surface area contributed by atoms with E-state index in [-0.39, 0.29) is 0 Å². The topological polar surface area (TPSA) is 73.0 Å². The molecule has 0 aliphatic carbocycles. The average Bonchev–Trinajstić information content (AvgIpc) is 2.15. The predicted molar refractivity (Wildman–Crippen MR) is 55.5 cm³/mol. The highest BCUT2D eigenvalue weighted by Gasteiger charge is 2.23. The van der Waals surface area contributed by atoms with Gasteiger partial charge in [-0.15, -0.1) is 0 Å². The third kappa shape index (κ3) is 2.52. The summed E-state index contributed by atoms with van der Waals surface area (Å²) in [5.41, 5.74) is 6.55. The van der Waals surface area contributed by atoms with Crippen molar-refractivity contribution in [1.82, 2.24) is 4.98 Å². The molecule has 0 saturated heterocycles. The molecule has 1 aromatic heterocycles. The summed E-state index contributed by atoms with van der Waals surface area (Å²) in [7, 11) is -3.10. The lowest BCUT2D eigenvalue weighted by molar-refractivity contribution is 0.570. The molecule has 0 amide bonds. The van der Waals surface area contributed by atoms with Gasteiger partial charge in [0.1, 0.15) is 0 Å². The molecule has 0 aliphatic heterocycles. The molecule has 1 aromatic rings. The molecule has 0 fully saturated rings. The van der Waals surface area contributed by atoms with Crippen LogP contribution < -0.4 is 5.73 Å². The molecular formula is C9H14N2O2S. The third-order valence-corrected chi connectivity index (χ3v) is 3.89. The first kappa shape index (κ1) is 11.1. The fourth-order valence-electron chi connectivity index (χ4n) is 1.11. The number of aromatic nitrogens is 1. The van der Waals surface area contributed by atoms with Crippen molar-refractivity contribution in [2.24, 2.45) is 5.73 Å². The molecule has 4 nitrogen and oxygen atoms in total. The molecule has 5 heteroatoms.